The van der Waals surface area contributed by atoms with Crippen LogP contribution in [-0.4, -0.2) is 66.1 Å². The molecule has 3 fully saturated rings. The number of aromatic nitrogens is 2. The van der Waals surface area contributed by atoms with Gasteiger partial charge < -0.3 is 20.0 Å². The van der Waals surface area contributed by atoms with E-state index in [0.29, 0.717) is 18.1 Å². The van der Waals surface area contributed by atoms with Gasteiger partial charge in [0.25, 0.3) is 0 Å². The maximum Gasteiger partial charge on any atom is 0.232 e. The molecular weight excluding hydrogens is 364 g/mol. The third kappa shape index (κ3) is 3.47. The monoisotopic (exact) mass is 398 g/mol. The molecule has 0 spiro atoms. The number of rotatable bonds is 3. The first-order valence-corrected chi connectivity index (χ1v) is 11.5. The van der Waals surface area contributed by atoms with Crippen molar-refractivity contribution < 1.29 is 4.79 Å². The molecule has 3 heterocycles. The van der Waals surface area contributed by atoms with E-state index >= 15 is 0 Å². The minimum absolute atomic E-state index is 0.0973. The minimum Gasteiger partial charge on any atom is -0.351 e. The third-order valence-corrected chi connectivity index (χ3v) is 7.61. The summed E-state index contributed by atoms with van der Waals surface area (Å²) in [6, 6.07) is 1.22. The van der Waals surface area contributed by atoms with Gasteiger partial charge in [-0.15, -0.1) is 0 Å². The molecule has 0 bridgehead atoms. The molecule has 1 amide bonds. The van der Waals surface area contributed by atoms with Gasteiger partial charge in [-0.05, 0) is 58.7 Å². The molecule has 7 heteroatoms. The normalized spacial score (nSPS) is 29.1. The van der Waals surface area contributed by atoms with E-state index in [1.807, 2.05) is 18.1 Å². The Morgan fingerprint density at radius 1 is 1.00 bits per heavy atom. The van der Waals surface area contributed by atoms with Gasteiger partial charge in [-0.3, -0.25) is 4.79 Å². The maximum absolute atomic E-state index is 13.2. The summed E-state index contributed by atoms with van der Waals surface area (Å²) in [7, 11) is 4.08. The van der Waals surface area contributed by atoms with E-state index in [-0.39, 0.29) is 11.8 Å². The molecule has 0 unspecified atom stereocenters. The lowest BCUT2D eigenvalue weighted by molar-refractivity contribution is -0.122. The first-order chi connectivity index (χ1) is 14.1. The van der Waals surface area contributed by atoms with E-state index in [1.165, 1.54) is 25.7 Å². The topological polar surface area (TPSA) is 64.6 Å². The van der Waals surface area contributed by atoms with Crippen LogP contribution in [0.3, 0.4) is 0 Å². The van der Waals surface area contributed by atoms with Crippen LogP contribution >= 0.6 is 0 Å². The van der Waals surface area contributed by atoms with Crippen LogP contribution in [0, 0.1) is 5.92 Å². The SMILES string of the molecule is CN1CCC(Nc2ncc3c(n2)N(C2CCCC2)[C@@H]2CCC[C@@H]2C(=O)N3C)CC1. The highest BCUT2D eigenvalue weighted by atomic mass is 16.2. The zero-order valence-electron chi connectivity index (χ0n) is 17.8. The summed E-state index contributed by atoms with van der Waals surface area (Å²) in [4.78, 5) is 29.6. The minimum atomic E-state index is 0.0973. The number of nitrogens with zero attached hydrogens (tertiary/aromatic N) is 5. The number of amides is 1. The Balaban J connectivity index is 1.50. The summed E-state index contributed by atoms with van der Waals surface area (Å²) < 4.78 is 0. The number of piperidine rings is 1. The smallest absolute Gasteiger partial charge is 0.232 e. The lowest BCUT2D eigenvalue weighted by atomic mass is 9.99. The van der Waals surface area contributed by atoms with E-state index in [1.54, 1.807) is 0 Å². The standard InChI is InChI=1S/C22H34N6O/c1-26-12-10-15(11-13-26)24-22-23-14-19-20(25-22)28(16-6-3-4-7-16)18-9-5-8-17(18)21(29)27(19)2/h14-18H,3-13H2,1-2H3,(H,23,24,25)/t17-,18+/m0/s1. The second kappa shape index (κ2) is 7.74. The highest BCUT2D eigenvalue weighted by molar-refractivity contribution is 5.99. The van der Waals surface area contributed by atoms with Gasteiger partial charge in [-0.25, -0.2) is 4.98 Å². The van der Waals surface area contributed by atoms with Crippen molar-refractivity contribution >= 4 is 23.4 Å². The molecule has 5 rings (SSSR count). The van der Waals surface area contributed by atoms with E-state index in [9.17, 15) is 4.79 Å². The number of nitrogens with one attached hydrogen (secondary N) is 1. The Bertz CT molecular complexity index is 756. The van der Waals surface area contributed by atoms with Gasteiger partial charge in [0.15, 0.2) is 5.82 Å². The molecular formula is C22H34N6O. The molecule has 158 valence electrons. The summed E-state index contributed by atoms with van der Waals surface area (Å²) in [6.45, 7) is 2.22. The van der Waals surface area contributed by atoms with Crippen LogP contribution in [0.25, 0.3) is 0 Å². The average Bonchev–Trinajstić information content (AvgIpc) is 3.41. The quantitative estimate of drug-likeness (QED) is 0.845. The van der Waals surface area contributed by atoms with Crippen LogP contribution in [0.5, 0.6) is 0 Å². The van der Waals surface area contributed by atoms with E-state index < -0.39 is 0 Å². The van der Waals surface area contributed by atoms with Crippen LogP contribution in [0.2, 0.25) is 0 Å². The highest BCUT2D eigenvalue weighted by Crippen LogP contribution is 2.44. The number of hydrogen-bond acceptors (Lipinski definition) is 6. The molecule has 2 saturated carbocycles. The molecule has 0 aromatic carbocycles. The van der Waals surface area contributed by atoms with E-state index in [0.717, 1.165) is 62.6 Å². The van der Waals surface area contributed by atoms with E-state index in [2.05, 4.69) is 27.1 Å². The van der Waals surface area contributed by atoms with Gasteiger partial charge in [-0.2, -0.15) is 4.98 Å². The van der Waals surface area contributed by atoms with Crippen molar-refractivity contribution in [3.05, 3.63) is 6.20 Å². The first-order valence-electron chi connectivity index (χ1n) is 11.5. The molecule has 7 nitrogen and oxygen atoms in total. The predicted octanol–water partition coefficient (Wildman–Crippen LogP) is 2.88. The molecule has 2 aliphatic heterocycles. The molecule has 29 heavy (non-hydrogen) atoms. The van der Waals surface area contributed by atoms with Gasteiger partial charge in [0, 0.05) is 25.2 Å². The first kappa shape index (κ1) is 19.1. The molecule has 2 atom stereocenters. The second-order valence-corrected chi connectivity index (χ2v) is 9.47. The van der Waals surface area contributed by atoms with Crippen molar-refractivity contribution in [2.45, 2.75) is 75.9 Å². The summed E-state index contributed by atoms with van der Waals surface area (Å²) in [5.74, 6) is 2.04. The van der Waals surface area contributed by atoms with Gasteiger partial charge in [0.1, 0.15) is 5.69 Å². The summed E-state index contributed by atoms with van der Waals surface area (Å²) in [5.41, 5.74) is 0.880. The number of likely N-dealkylation sites (tertiary alicyclic amines) is 1. The molecule has 0 radical (unpaired) electrons. The number of fused-ring (bicyclic) bond motifs is 2. The van der Waals surface area contributed by atoms with Crippen LogP contribution in [0.1, 0.15) is 57.8 Å². The zero-order chi connectivity index (χ0) is 20.0. The number of hydrogen-bond donors (Lipinski definition) is 1. The van der Waals surface area contributed by atoms with Crippen molar-refractivity contribution in [3.8, 4) is 0 Å². The number of anilines is 3. The molecule has 1 aromatic rings. The van der Waals surface area contributed by atoms with Crippen molar-refractivity contribution in [2.24, 2.45) is 5.92 Å². The molecule has 4 aliphatic rings. The van der Waals surface area contributed by atoms with Gasteiger partial charge in [-0.1, -0.05) is 19.3 Å². The van der Waals surface area contributed by atoms with Crippen LogP contribution in [-0.2, 0) is 4.79 Å². The Kier molecular flexibility index (Phi) is 5.10. The molecule has 2 aliphatic carbocycles. The lowest BCUT2D eigenvalue weighted by Gasteiger charge is -2.37. The third-order valence-electron chi connectivity index (χ3n) is 7.61. The van der Waals surface area contributed by atoms with Crippen molar-refractivity contribution in [1.29, 1.82) is 0 Å². The Labute approximate surface area is 173 Å². The van der Waals surface area contributed by atoms with Crippen LogP contribution in [0.4, 0.5) is 17.5 Å². The molecule has 1 saturated heterocycles. The Morgan fingerprint density at radius 2 is 1.76 bits per heavy atom. The number of carbonyl (C=O) groups is 1. The van der Waals surface area contributed by atoms with Crippen molar-refractivity contribution in [3.63, 3.8) is 0 Å². The fourth-order valence-corrected chi connectivity index (χ4v) is 5.91. The fraction of sp³-hybridized carbons (Fsp3) is 0.773. The number of carbonyl (C=O) groups excluding carboxylic acids is 1. The summed E-state index contributed by atoms with van der Waals surface area (Å²) in [6.07, 6.45) is 12.3. The van der Waals surface area contributed by atoms with Gasteiger partial charge in [0.05, 0.1) is 12.1 Å². The lowest BCUT2D eigenvalue weighted by Crippen LogP contribution is -2.46. The highest BCUT2D eigenvalue weighted by Gasteiger charge is 2.46. The van der Waals surface area contributed by atoms with Crippen LogP contribution < -0.4 is 15.1 Å². The Hall–Kier alpha value is -1.89. The van der Waals surface area contributed by atoms with Crippen molar-refractivity contribution in [2.75, 3.05) is 42.3 Å². The summed E-state index contributed by atoms with van der Waals surface area (Å²) >= 11 is 0. The van der Waals surface area contributed by atoms with Crippen LogP contribution in [0.15, 0.2) is 6.20 Å². The fourth-order valence-electron chi connectivity index (χ4n) is 5.91. The molecule has 1 N–H and O–H groups in total. The van der Waals surface area contributed by atoms with E-state index in [4.69, 9.17) is 4.98 Å². The van der Waals surface area contributed by atoms with Crippen molar-refractivity contribution in [1.82, 2.24) is 14.9 Å². The molecule has 1 aromatic heterocycles. The largest absolute Gasteiger partial charge is 0.351 e. The van der Waals surface area contributed by atoms with Gasteiger partial charge >= 0.3 is 0 Å². The zero-order valence-corrected chi connectivity index (χ0v) is 17.8. The maximum atomic E-state index is 13.2. The Morgan fingerprint density at radius 3 is 2.52 bits per heavy atom. The average molecular weight is 399 g/mol. The second-order valence-electron chi connectivity index (χ2n) is 9.47. The predicted molar refractivity (Wildman–Crippen MR) is 115 cm³/mol. The summed E-state index contributed by atoms with van der Waals surface area (Å²) in [5, 5.41) is 3.59. The van der Waals surface area contributed by atoms with Gasteiger partial charge in [0.2, 0.25) is 11.9 Å².